The molecule has 0 amide bonds. The molecule has 0 unspecified atom stereocenters. The Kier molecular flexibility index (Phi) is 2.43. The van der Waals surface area contributed by atoms with Gasteiger partial charge in [0.2, 0.25) is 0 Å². The van der Waals surface area contributed by atoms with E-state index in [0.29, 0.717) is 5.69 Å². The number of rotatable bonds is 2. The summed E-state index contributed by atoms with van der Waals surface area (Å²) in [4.78, 5) is 11.7. The van der Waals surface area contributed by atoms with E-state index in [1.165, 1.54) is 6.07 Å². The van der Waals surface area contributed by atoms with Crippen LogP contribution in [0.5, 0.6) is 0 Å². The summed E-state index contributed by atoms with van der Waals surface area (Å²) in [5.74, 6) is -0.959. The van der Waals surface area contributed by atoms with E-state index < -0.39 is 5.97 Å². The third-order valence-corrected chi connectivity index (χ3v) is 2.99. The highest BCUT2D eigenvalue weighted by Crippen LogP contribution is 2.30. The fourth-order valence-corrected chi connectivity index (χ4v) is 2.13. The molecule has 4 heteroatoms. The molecule has 0 atom stereocenters. The van der Waals surface area contributed by atoms with Gasteiger partial charge in [0.05, 0.1) is 5.56 Å². The topological polar surface area (TPSA) is 63.3 Å². The number of thiophene rings is 1. The number of nitrogen functional groups attached to an aromatic ring is 1. The van der Waals surface area contributed by atoms with E-state index in [-0.39, 0.29) is 5.56 Å². The molecule has 3 nitrogen and oxygen atoms in total. The first kappa shape index (κ1) is 9.73. The van der Waals surface area contributed by atoms with E-state index in [1.807, 2.05) is 17.5 Å². The van der Waals surface area contributed by atoms with Gasteiger partial charge in [0.1, 0.15) is 0 Å². The molecule has 0 fully saturated rings. The predicted molar refractivity (Wildman–Crippen MR) is 61.1 cm³/mol. The third-order valence-electron chi connectivity index (χ3n) is 2.09. The van der Waals surface area contributed by atoms with Crippen LogP contribution in [0.3, 0.4) is 0 Å². The molecule has 0 spiro atoms. The largest absolute Gasteiger partial charge is 0.478 e. The second-order valence-corrected chi connectivity index (χ2v) is 4.03. The van der Waals surface area contributed by atoms with Gasteiger partial charge in [0.15, 0.2) is 0 Å². The minimum absolute atomic E-state index is 0.216. The number of carboxylic acid groups (broad SMARTS) is 1. The molecule has 0 aliphatic heterocycles. The predicted octanol–water partition coefficient (Wildman–Crippen LogP) is 2.70. The summed E-state index contributed by atoms with van der Waals surface area (Å²) in [5.41, 5.74) is 7.39. The molecular formula is C11H9NO2S. The number of benzene rings is 1. The molecule has 0 radical (unpaired) electrons. The molecule has 2 rings (SSSR count). The zero-order chi connectivity index (χ0) is 10.8. The average molecular weight is 219 g/mol. The Hall–Kier alpha value is -1.81. The lowest BCUT2D eigenvalue weighted by Gasteiger charge is -2.03. The van der Waals surface area contributed by atoms with Crippen LogP contribution in [0.1, 0.15) is 10.4 Å². The maximum absolute atomic E-state index is 10.7. The van der Waals surface area contributed by atoms with Crippen LogP contribution in [0.4, 0.5) is 5.69 Å². The van der Waals surface area contributed by atoms with Gasteiger partial charge in [-0.05, 0) is 23.6 Å². The molecule has 0 aliphatic carbocycles. The lowest BCUT2D eigenvalue weighted by Crippen LogP contribution is -1.98. The van der Waals surface area contributed by atoms with Crippen LogP contribution in [-0.2, 0) is 0 Å². The first-order valence-corrected chi connectivity index (χ1v) is 5.23. The lowest BCUT2D eigenvalue weighted by molar-refractivity contribution is 0.0697. The van der Waals surface area contributed by atoms with Gasteiger partial charge in [-0.1, -0.05) is 12.1 Å². The van der Waals surface area contributed by atoms with Crippen LogP contribution in [0.2, 0.25) is 0 Å². The molecule has 2 aromatic rings. The second-order valence-electron chi connectivity index (χ2n) is 3.08. The van der Waals surface area contributed by atoms with E-state index in [1.54, 1.807) is 23.5 Å². The van der Waals surface area contributed by atoms with Gasteiger partial charge in [-0.2, -0.15) is 0 Å². The highest BCUT2D eigenvalue weighted by Gasteiger charge is 2.07. The zero-order valence-electron chi connectivity index (χ0n) is 7.81. The molecule has 3 N–H and O–H groups in total. The Balaban J connectivity index is 2.48. The van der Waals surface area contributed by atoms with E-state index >= 15 is 0 Å². The van der Waals surface area contributed by atoms with E-state index in [2.05, 4.69) is 0 Å². The van der Waals surface area contributed by atoms with E-state index in [4.69, 9.17) is 10.8 Å². The fraction of sp³-hybridized carbons (Fsp3) is 0. The standard InChI is InChI=1S/C11H9NO2S/c12-9-6-7(11(13)14)3-4-8(9)10-2-1-5-15-10/h1-6H,12H2,(H,13,14). The van der Waals surface area contributed by atoms with Crippen LogP contribution in [0.15, 0.2) is 35.7 Å². The van der Waals surface area contributed by atoms with Crippen molar-refractivity contribution in [3.05, 3.63) is 41.3 Å². The van der Waals surface area contributed by atoms with Gasteiger partial charge in [0, 0.05) is 16.1 Å². The molecule has 0 aliphatic rings. The fourth-order valence-electron chi connectivity index (χ4n) is 1.35. The number of anilines is 1. The van der Waals surface area contributed by atoms with Crippen molar-refractivity contribution in [1.29, 1.82) is 0 Å². The highest BCUT2D eigenvalue weighted by molar-refractivity contribution is 7.13. The smallest absolute Gasteiger partial charge is 0.335 e. The Labute approximate surface area is 90.8 Å². The molecule has 0 bridgehead atoms. The maximum atomic E-state index is 10.7. The van der Waals surface area contributed by atoms with Gasteiger partial charge < -0.3 is 10.8 Å². The summed E-state index contributed by atoms with van der Waals surface area (Å²) in [6, 6.07) is 8.68. The molecule has 0 saturated carbocycles. The summed E-state index contributed by atoms with van der Waals surface area (Å²) in [7, 11) is 0. The Morgan fingerprint density at radius 3 is 2.67 bits per heavy atom. The number of hydrogen-bond donors (Lipinski definition) is 2. The Morgan fingerprint density at radius 2 is 2.13 bits per heavy atom. The molecule has 76 valence electrons. The number of carboxylic acids is 1. The number of nitrogens with two attached hydrogens (primary N) is 1. The maximum Gasteiger partial charge on any atom is 0.335 e. The molecule has 15 heavy (non-hydrogen) atoms. The normalized spacial score (nSPS) is 10.1. The van der Waals surface area contributed by atoms with Crippen molar-refractivity contribution in [3.8, 4) is 10.4 Å². The van der Waals surface area contributed by atoms with Crippen LogP contribution < -0.4 is 5.73 Å². The summed E-state index contributed by atoms with van der Waals surface area (Å²) in [6.07, 6.45) is 0. The quantitative estimate of drug-likeness (QED) is 0.763. The minimum Gasteiger partial charge on any atom is -0.478 e. The van der Waals surface area contributed by atoms with E-state index in [0.717, 1.165) is 10.4 Å². The summed E-state index contributed by atoms with van der Waals surface area (Å²) < 4.78 is 0. The molecule has 0 saturated heterocycles. The first-order chi connectivity index (χ1) is 7.18. The molecular weight excluding hydrogens is 210 g/mol. The van der Waals surface area contributed by atoms with Crippen LogP contribution in [0.25, 0.3) is 10.4 Å². The Bertz CT molecular complexity index is 491. The van der Waals surface area contributed by atoms with Crippen molar-refractivity contribution in [3.63, 3.8) is 0 Å². The summed E-state index contributed by atoms with van der Waals surface area (Å²) >= 11 is 1.58. The van der Waals surface area contributed by atoms with Gasteiger partial charge in [-0.15, -0.1) is 11.3 Å². The minimum atomic E-state index is -0.959. The van der Waals surface area contributed by atoms with Crippen LogP contribution >= 0.6 is 11.3 Å². The van der Waals surface area contributed by atoms with Crippen LogP contribution in [-0.4, -0.2) is 11.1 Å². The zero-order valence-corrected chi connectivity index (χ0v) is 8.62. The summed E-state index contributed by atoms with van der Waals surface area (Å²) in [6.45, 7) is 0. The van der Waals surface area contributed by atoms with Crippen molar-refractivity contribution in [2.45, 2.75) is 0 Å². The van der Waals surface area contributed by atoms with Gasteiger partial charge in [0.25, 0.3) is 0 Å². The molecule has 1 aromatic heterocycles. The number of carbonyl (C=O) groups is 1. The monoisotopic (exact) mass is 219 g/mol. The molecule has 1 aromatic carbocycles. The van der Waals surface area contributed by atoms with Gasteiger partial charge in [-0.25, -0.2) is 4.79 Å². The second kappa shape index (κ2) is 3.74. The van der Waals surface area contributed by atoms with E-state index in [9.17, 15) is 4.79 Å². The van der Waals surface area contributed by atoms with Crippen molar-refractivity contribution < 1.29 is 9.90 Å². The third kappa shape index (κ3) is 1.85. The highest BCUT2D eigenvalue weighted by atomic mass is 32.1. The summed E-state index contributed by atoms with van der Waals surface area (Å²) in [5, 5.41) is 10.7. The Morgan fingerprint density at radius 1 is 1.33 bits per heavy atom. The molecule has 1 heterocycles. The average Bonchev–Trinajstić information content (AvgIpc) is 2.70. The van der Waals surface area contributed by atoms with Gasteiger partial charge in [-0.3, -0.25) is 0 Å². The lowest BCUT2D eigenvalue weighted by atomic mass is 10.1. The van der Waals surface area contributed by atoms with Crippen molar-refractivity contribution in [2.75, 3.05) is 5.73 Å². The number of hydrogen-bond acceptors (Lipinski definition) is 3. The van der Waals surface area contributed by atoms with Crippen molar-refractivity contribution in [2.24, 2.45) is 0 Å². The SMILES string of the molecule is Nc1cc(C(=O)O)ccc1-c1cccs1. The van der Waals surface area contributed by atoms with Gasteiger partial charge >= 0.3 is 5.97 Å². The van der Waals surface area contributed by atoms with Crippen molar-refractivity contribution >= 4 is 23.0 Å². The number of aromatic carboxylic acids is 1. The van der Waals surface area contributed by atoms with Crippen molar-refractivity contribution in [1.82, 2.24) is 0 Å². The first-order valence-electron chi connectivity index (χ1n) is 4.35. The van der Waals surface area contributed by atoms with Crippen LogP contribution in [0, 0.1) is 0 Å².